The van der Waals surface area contributed by atoms with Crippen molar-refractivity contribution in [1.82, 2.24) is 15.1 Å². The number of hydrogen-bond donors (Lipinski definition) is 1. The minimum Gasteiger partial charge on any atom is -0.497 e. The van der Waals surface area contributed by atoms with Gasteiger partial charge in [-0.2, -0.15) is 0 Å². The summed E-state index contributed by atoms with van der Waals surface area (Å²) in [5.74, 6) is 0.713. The van der Waals surface area contributed by atoms with Crippen molar-refractivity contribution >= 4 is 22.7 Å². The molecule has 2 aromatic carbocycles. The van der Waals surface area contributed by atoms with Crippen molar-refractivity contribution in [3.63, 3.8) is 0 Å². The molecule has 7 heteroatoms. The lowest BCUT2D eigenvalue weighted by molar-refractivity contribution is -0.137. The van der Waals surface area contributed by atoms with Crippen molar-refractivity contribution in [2.24, 2.45) is 0 Å². The number of nitrogens with zero attached hydrogens (tertiary/aromatic N) is 2. The van der Waals surface area contributed by atoms with Crippen LogP contribution in [-0.4, -0.2) is 69.2 Å². The molecule has 1 saturated heterocycles. The Balaban J connectivity index is 1.67. The maximum absolute atomic E-state index is 12.4. The summed E-state index contributed by atoms with van der Waals surface area (Å²) < 4.78 is 11.1. The second kappa shape index (κ2) is 8.26. The van der Waals surface area contributed by atoms with Gasteiger partial charge in [0.2, 0.25) is 5.91 Å². The topological polar surface area (TPSA) is 71.1 Å². The third-order valence-electron chi connectivity index (χ3n) is 4.66. The van der Waals surface area contributed by atoms with Gasteiger partial charge in [0.1, 0.15) is 11.9 Å². The van der Waals surface area contributed by atoms with E-state index in [1.165, 1.54) is 4.90 Å². The lowest BCUT2D eigenvalue weighted by atomic mass is 10.0. The molecule has 1 atom stereocenters. The molecule has 27 heavy (non-hydrogen) atoms. The number of methoxy groups -OCH3 is 1. The molecule has 1 N–H and O–H groups in total. The van der Waals surface area contributed by atoms with E-state index >= 15 is 0 Å². The predicted molar refractivity (Wildman–Crippen MR) is 103 cm³/mol. The van der Waals surface area contributed by atoms with Crippen molar-refractivity contribution in [2.75, 3.05) is 47.4 Å². The van der Waals surface area contributed by atoms with Crippen molar-refractivity contribution in [1.29, 1.82) is 0 Å². The number of ether oxygens (including phenoxy) is 2. The zero-order chi connectivity index (χ0) is 19.4. The number of amides is 3. The van der Waals surface area contributed by atoms with Gasteiger partial charge in [-0.15, -0.1) is 0 Å². The van der Waals surface area contributed by atoms with E-state index in [9.17, 15) is 9.59 Å². The van der Waals surface area contributed by atoms with E-state index in [1.807, 2.05) is 30.3 Å². The first-order valence-electron chi connectivity index (χ1n) is 8.90. The van der Waals surface area contributed by atoms with Crippen molar-refractivity contribution in [3.05, 3.63) is 42.0 Å². The van der Waals surface area contributed by atoms with Crippen LogP contribution < -0.4 is 10.1 Å². The van der Waals surface area contributed by atoms with Crippen molar-refractivity contribution in [3.8, 4) is 5.75 Å². The number of urea groups is 1. The minimum absolute atomic E-state index is 0.0127. The van der Waals surface area contributed by atoms with Crippen LogP contribution in [-0.2, 0) is 9.53 Å². The molecule has 0 unspecified atom stereocenters. The van der Waals surface area contributed by atoms with Crippen LogP contribution in [0.5, 0.6) is 5.75 Å². The van der Waals surface area contributed by atoms with Gasteiger partial charge in [0, 0.05) is 20.6 Å². The molecule has 0 aliphatic carbocycles. The van der Waals surface area contributed by atoms with E-state index in [2.05, 4.69) is 11.4 Å². The van der Waals surface area contributed by atoms with Gasteiger partial charge in [-0.1, -0.05) is 18.2 Å². The average molecular weight is 371 g/mol. The Morgan fingerprint density at radius 1 is 1.22 bits per heavy atom. The second-order valence-electron chi connectivity index (χ2n) is 6.72. The van der Waals surface area contributed by atoms with E-state index in [4.69, 9.17) is 9.47 Å². The van der Waals surface area contributed by atoms with Crippen LogP contribution >= 0.6 is 0 Å². The van der Waals surface area contributed by atoms with Crippen LogP contribution in [0, 0.1) is 0 Å². The average Bonchev–Trinajstić information content (AvgIpc) is 2.70. The van der Waals surface area contributed by atoms with Crippen LogP contribution in [0.15, 0.2) is 36.4 Å². The number of morpholine rings is 1. The summed E-state index contributed by atoms with van der Waals surface area (Å²) in [4.78, 5) is 27.1. The quantitative estimate of drug-likeness (QED) is 0.893. The van der Waals surface area contributed by atoms with Gasteiger partial charge in [0.25, 0.3) is 0 Å². The van der Waals surface area contributed by atoms with Gasteiger partial charge >= 0.3 is 6.03 Å². The highest BCUT2D eigenvalue weighted by atomic mass is 16.5. The molecule has 2 aromatic rings. The highest BCUT2D eigenvalue weighted by Gasteiger charge is 2.25. The number of carbonyl (C=O) groups is 2. The summed E-state index contributed by atoms with van der Waals surface area (Å²) in [7, 11) is 4.93. The molecule has 1 heterocycles. The summed E-state index contributed by atoms with van der Waals surface area (Å²) >= 11 is 0. The lowest BCUT2D eigenvalue weighted by Crippen LogP contribution is -2.47. The molecule has 144 valence electrons. The summed E-state index contributed by atoms with van der Waals surface area (Å²) in [6, 6.07) is 11.8. The molecular formula is C20H25N3O4. The molecular weight excluding hydrogens is 346 g/mol. The Kier molecular flexibility index (Phi) is 5.81. The first-order chi connectivity index (χ1) is 13.0. The fourth-order valence-corrected chi connectivity index (χ4v) is 3.07. The molecule has 1 fully saturated rings. The summed E-state index contributed by atoms with van der Waals surface area (Å²) in [6.07, 6.45) is -0.182. The highest BCUT2D eigenvalue weighted by molar-refractivity contribution is 5.85. The normalized spacial score (nSPS) is 16.9. The Hall–Kier alpha value is -2.80. The zero-order valence-electron chi connectivity index (χ0n) is 15.9. The van der Waals surface area contributed by atoms with Crippen LogP contribution in [0.1, 0.15) is 11.7 Å². The van der Waals surface area contributed by atoms with Crippen molar-refractivity contribution in [2.45, 2.75) is 6.10 Å². The van der Waals surface area contributed by atoms with Crippen LogP contribution in [0.25, 0.3) is 10.8 Å². The van der Waals surface area contributed by atoms with Crippen LogP contribution in [0.4, 0.5) is 4.79 Å². The fourth-order valence-electron chi connectivity index (χ4n) is 3.07. The highest BCUT2D eigenvalue weighted by Crippen LogP contribution is 2.27. The molecule has 7 nitrogen and oxygen atoms in total. The van der Waals surface area contributed by atoms with Gasteiger partial charge in [0.15, 0.2) is 0 Å². The smallest absolute Gasteiger partial charge is 0.317 e. The maximum Gasteiger partial charge on any atom is 0.317 e. The Morgan fingerprint density at radius 3 is 2.70 bits per heavy atom. The molecule has 0 aromatic heterocycles. The number of rotatable bonds is 4. The van der Waals surface area contributed by atoms with Gasteiger partial charge in [-0.05, 0) is 34.5 Å². The van der Waals surface area contributed by atoms with Gasteiger partial charge in [-0.25, -0.2) is 4.79 Å². The van der Waals surface area contributed by atoms with Crippen LogP contribution in [0.3, 0.4) is 0 Å². The van der Waals surface area contributed by atoms with E-state index in [1.54, 1.807) is 26.1 Å². The largest absolute Gasteiger partial charge is 0.497 e. The third-order valence-corrected chi connectivity index (χ3v) is 4.66. The fraction of sp³-hybridized carbons (Fsp3) is 0.400. The monoisotopic (exact) mass is 371 g/mol. The first kappa shape index (κ1) is 19.0. The molecule has 1 aliphatic heterocycles. The molecule has 0 bridgehead atoms. The molecule has 0 saturated carbocycles. The number of benzene rings is 2. The van der Waals surface area contributed by atoms with Crippen LogP contribution in [0.2, 0.25) is 0 Å². The lowest BCUT2D eigenvalue weighted by Gasteiger charge is -2.33. The van der Waals surface area contributed by atoms with E-state index < -0.39 is 0 Å². The Labute approximate surface area is 158 Å². The van der Waals surface area contributed by atoms with E-state index in [-0.39, 0.29) is 24.6 Å². The Morgan fingerprint density at radius 2 is 1.96 bits per heavy atom. The number of fused-ring (bicyclic) bond motifs is 1. The maximum atomic E-state index is 12.4. The summed E-state index contributed by atoms with van der Waals surface area (Å²) in [5, 5.41) is 4.80. The molecule has 3 amide bonds. The summed E-state index contributed by atoms with van der Waals surface area (Å²) in [5.41, 5.74) is 1.03. The first-order valence-corrected chi connectivity index (χ1v) is 8.90. The van der Waals surface area contributed by atoms with E-state index in [0.717, 1.165) is 22.1 Å². The number of nitrogens with one attached hydrogen (secondary N) is 1. The minimum atomic E-state index is -0.280. The molecule has 3 rings (SSSR count). The van der Waals surface area contributed by atoms with Gasteiger partial charge in [-0.3, -0.25) is 4.79 Å². The Bertz CT molecular complexity index is 837. The third kappa shape index (κ3) is 4.49. The SMILES string of the molecule is COc1ccc2cc([C@@H]3CN(C(=O)CNC(=O)N(C)C)CCO3)ccc2c1. The molecule has 0 radical (unpaired) electrons. The summed E-state index contributed by atoms with van der Waals surface area (Å²) in [6.45, 7) is 1.45. The number of carbonyl (C=O) groups excluding carboxylic acids is 2. The van der Waals surface area contributed by atoms with Crippen molar-refractivity contribution < 1.29 is 19.1 Å². The van der Waals surface area contributed by atoms with Gasteiger partial charge < -0.3 is 24.6 Å². The second-order valence-corrected chi connectivity index (χ2v) is 6.72. The van der Waals surface area contributed by atoms with E-state index in [0.29, 0.717) is 19.7 Å². The van der Waals surface area contributed by atoms with Gasteiger partial charge in [0.05, 0.1) is 26.8 Å². The standard InChI is InChI=1S/C20H25N3O4/c1-22(2)20(25)21-12-19(24)23-8-9-27-18(13-23)16-5-4-15-11-17(26-3)7-6-14(15)10-16/h4-7,10-11,18H,8-9,12-13H2,1-3H3,(H,21,25)/t18-/m0/s1. The predicted octanol–water partition coefficient (Wildman–Crippen LogP) is 2.02. The molecule has 0 spiro atoms. The molecule has 1 aliphatic rings. The number of hydrogen-bond acceptors (Lipinski definition) is 4. The zero-order valence-corrected chi connectivity index (χ0v) is 15.9.